The van der Waals surface area contributed by atoms with E-state index < -0.39 is 0 Å². The van der Waals surface area contributed by atoms with Crippen molar-refractivity contribution in [1.82, 2.24) is 14.7 Å². The molecule has 0 N–H and O–H groups in total. The topological polar surface area (TPSA) is 9.72 Å². The molecule has 1 unspecified atom stereocenters. The molecule has 2 aliphatic heterocycles. The zero-order valence-corrected chi connectivity index (χ0v) is 12.7. The molecular formula is C15H31N3. The standard InChI is InChI=1S/C15H31N3/c1-13(2)15-5-7-17(8-6-15)14(3)18-11-9-16(4)10-12-18/h13-15H,5-12H2,1-4H3. The van der Waals surface area contributed by atoms with E-state index >= 15 is 0 Å². The van der Waals surface area contributed by atoms with Crippen molar-refractivity contribution in [3.8, 4) is 0 Å². The van der Waals surface area contributed by atoms with Crippen molar-refractivity contribution < 1.29 is 0 Å². The molecule has 0 radical (unpaired) electrons. The van der Waals surface area contributed by atoms with E-state index in [2.05, 4.69) is 42.5 Å². The maximum atomic E-state index is 2.70. The number of hydrogen-bond acceptors (Lipinski definition) is 3. The summed E-state index contributed by atoms with van der Waals surface area (Å²) in [7, 11) is 2.23. The van der Waals surface area contributed by atoms with Crippen LogP contribution in [0.15, 0.2) is 0 Å². The highest BCUT2D eigenvalue weighted by molar-refractivity contribution is 4.80. The Labute approximate surface area is 113 Å². The summed E-state index contributed by atoms with van der Waals surface area (Å²) < 4.78 is 0. The number of hydrogen-bond donors (Lipinski definition) is 0. The van der Waals surface area contributed by atoms with Gasteiger partial charge < -0.3 is 4.90 Å². The Balaban J connectivity index is 1.78. The van der Waals surface area contributed by atoms with E-state index in [1.807, 2.05) is 0 Å². The van der Waals surface area contributed by atoms with E-state index in [4.69, 9.17) is 0 Å². The summed E-state index contributed by atoms with van der Waals surface area (Å²) >= 11 is 0. The lowest BCUT2D eigenvalue weighted by Crippen LogP contribution is -2.55. The molecule has 2 heterocycles. The molecule has 3 nitrogen and oxygen atoms in total. The first-order valence-electron chi connectivity index (χ1n) is 7.74. The average Bonchev–Trinajstić information content (AvgIpc) is 2.39. The molecule has 2 saturated heterocycles. The Morgan fingerprint density at radius 3 is 1.78 bits per heavy atom. The van der Waals surface area contributed by atoms with E-state index in [9.17, 15) is 0 Å². The highest BCUT2D eigenvalue weighted by Crippen LogP contribution is 2.26. The lowest BCUT2D eigenvalue weighted by molar-refractivity contribution is 0.00150. The minimum atomic E-state index is 0.645. The molecule has 0 saturated carbocycles. The fourth-order valence-electron chi connectivity index (χ4n) is 3.39. The minimum absolute atomic E-state index is 0.645. The van der Waals surface area contributed by atoms with Gasteiger partial charge in [-0.3, -0.25) is 9.80 Å². The molecule has 2 rings (SSSR count). The van der Waals surface area contributed by atoms with Crippen LogP contribution in [-0.2, 0) is 0 Å². The van der Waals surface area contributed by atoms with Gasteiger partial charge in [-0.25, -0.2) is 0 Å². The fraction of sp³-hybridized carbons (Fsp3) is 1.00. The molecule has 0 amide bonds. The van der Waals surface area contributed by atoms with Crippen LogP contribution in [0.1, 0.15) is 33.6 Å². The van der Waals surface area contributed by atoms with Gasteiger partial charge in [0.1, 0.15) is 0 Å². The van der Waals surface area contributed by atoms with Crippen LogP contribution in [0.3, 0.4) is 0 Å². The lowest BCUT2D eigenvalue weighted by Gasteiger charge is -2.44. The number of piperidine rings is 1. The molecule has 106 valence electrons. The molecule has 0 aliphatic carbocycles. The van der Waals surface area contributed by atoms with Crippen molar-refractivity contribution in [2.24, 2.45) is 11.8 Å². The van der Waals surface area contributed by atoms with Crippen LogP contribution in [0, 0.1) is 11.8 Å². The van der Waals surface area contributed by atoms with Gasteiger partial charge in [-0.1, -0.05) is 13.8 Å². The molecule has 3 heteroatoms. The second kappa shape index (κ2) is 6.36. The second-order valence-electron chi connectivity index (χ2n) is 6.59. The SMILES string of the molecule is CC(C)C1CCN(C(C)N2CCN(C)CC2)CC1. The smallest absolute Gasteiger partial charge is 0.0594 e. The Morgan fingerprint density at radius 1 is 0.778 bits per heavy atom. The van der Waals surface area contributed by atoms with E-state index in [1.165, 1.54) is 52.1 Å². The molecule has 0 bridgehead atoms. The number of likely N-dealkylation sites (N-methyl/N-ethyl adjacent to an activating group) is 1. The second-order valence-corrected chi connectivity index (χ2v) is 6.59. The van der Waals surface area contributed by atoms with Crippen LogP contribution in [0.25, 0.3) is 0 Å². The molecule has 18 heavy (non-hydrogen) atoms. The zero-order chi connectivity index (χ0) is 13.1. The Bertz CT molecular complexity index is 238. The maximum Gasteiger partial charge on any atom is 0.0594 e. The monoisotopic (exact) mass is 253 g/mol. The summed E-state index contributed by atoms with van der Waals surface area (Å²) in [6, 6.07) is 0. The van der Waals surface area contributed by atoms with Crippen LogP contribution in [-0.4, -0.2) is 67.2 Å². The van der Waals surface area contributed by atoms with Crippen molar-refractivity contribution in [3.63, 3.8) is 0 Å². The third kappa shape index (κ3) is 3.46. The highest BCUT2D eigenvalue weighted by atomic mass is 15.4. The molecule has 2 fully saturated rings. The number of piperazine rings is 1. The van der Waals surface area contributed by atoms with E-state index in [0.29, 0.717) is 6.17 Å². The normalized spacial score (nSPS) is 27.8. The van der Waals surface area contributed by atoms with Gasteiger partial charge in [0.2, 0.25) is 0 Å². The molecule has 0 aromatic rings. The van der Waals surface area contributed by atoms with Gasteiger partial charge in [-0.05, 0) is 51.7 Å². The van der Waals surface area contributed by atoms with Crippen LogP contribution >= 0.6 is 0 Å². The summed E-state index contributed by atoms with van der Waals surface area (Å²) in [5, 5.41) is 0. The summed E-state index contributed by atoms with van der Waals surface area (Å²) in [4.78, 5) is 7.80. The van der Waals surface area contributed by atoms with Crippen molar-refractivity contribution in [1.29, 1.82) is 0 Å². The van der Waals surface area contributed by atoms with E-state index in [-0.39, 0.29) is 0 Å². The van der Waals surface area contributed by atoms with Gasteiger partial charge in [-0.2, -0.15) is 0 Å². The Kier molecular flexibility index (Phi) is 5.05. The molecule has 0 spiro atoms. The number of rotatable bonds is 3. The van der Waals surface area contributed by atoms with E-state index in [0.717, 1.165) is 11.8 Å². The van der Waals surface area contributed by atoms with Crippen LogP contribution < -0.4 is 0 Å². The highest BCUT2D eigenvalue weighted by Gasteiger charge is 2.28. The first kappa shape index (κ1) is 14.3. The van der Waals surface area contributed by atoms with Crippen molar-refractivity contribution in [2.45, 2.75) is 39.8 Å². The molecule has 2 aliphatic rings. The zero-order valence-electron chi connectivity index (χ0n) is 12.7. The number of likely N-dealkylation sites (tertiary alicyclic amines) is 1. The summed E-state index contributed by atoms with van der Waals surface area (Å²) in [6.07, 6.45) is 3.44. The predicted octanol–water partition coefficient (Wildman–Crippen LogP) is 1.95. The number of nitrogens with zero attached hydrogens (tertiary/aromatic N) is 3. The van der Waals surface area contributed by atoms with Crippen LogP contribution in [0.5, 0.6) is 0 Å². The molecule has 1 atom stereocenters. The van der Waals surface area contributed by atoms with Crippen LogP contribution in [0.2, 0.25) is 0 Å². The summed E-state index contributed by atoms with van der Waals surface area (Å²) in [5.41, 5.74) is 0. The third-order valence-corrected chi connectivity index (χ3v) is 5.11. The van der Waals surface area contributed by atoms with Crippen molar-refractivity contribution >= 4 is 0 Å². The van der Waals surface area contributed by atoms with Crippen molar-refractivity contribution in [3.05, 3.63) is 0 Å². The first-order valence-corrected chi connectivity index (χ1v) is 7.74. The van der Waals surface area contributed by atoms with Gasteiger partial charge in [0, 0.05) is 26.2 Å². The van der Waals surface area contributed by atoms with Gasteiger partial charge >= 0.3 is 0 Å². The van der Waals surface area contributed by atoms with Gasteiger partial charge in [-0.15, -0.1) is 0 Å². The molecule has 0 aromatic heterocycles. The quantitative estimate of drug-likeness (QED) is 0.761. The fourth-order valence-corrected chi connectivity index (χ4v) is 3.39. The Morgan fingerprint density at radius 2 is 1.28 bits per heavy atom. The minimum Gasteiger partial charge on any atom is -0.304 e. The third-order valence-electron chi connectivity index (χ3n) is 5.11. The summed E-state index contributed by atoms with van der Waals surface area (Å²) in [5.74, 6) is 1.83. The lowest BCUT2D eigenvalue weighted by atomic mass is 9.86. The molecule has 0 aromatic carbocycles. The first-order chi connectivity index (χ1) is 8.58. The Hall–Kier alpha value is -0.120. The summed E-state index contributed by atoms with van der Waals surface area (Å²) in [6.45, 7) is 14.7. The maximum absolute atomic E-state index is 2.70. The van der Waals surface area contributed by atoms with Gasteiger partial charge in [0.05, 0.1) is 6.17 Å². The van der Waals surface area contributed by atoms with Gasteiger partial charge in [0.15, 0.2) is 0 Å². The van der Waals surface area contributed by atoms with Crippen molar-refractivity contribution in [2.75, 3.05) is 46.3 Å². The van der Waals surface area contributed by atoms with Gasteiger partial charge in [0.25, 0.3) is 0 Å². The predicted molar refractivity (Wildman–Crippen MR) is 77.7 cm³/mol. The largest absolute Gasteiger partial charge is 0.304 e. The average molecular weight is 253 g/mol. The van der Waals surface area contributed by atoms with Crippen LogP contribution in [0.4, 0.5) is 0 Å². The van der Waals surface area contributed by atoms with E-state index in [1.54, 1.807) is 0 Å². The molecular weight excluding hydrogens is 222 g/mol.